The van der Waals surface area contributed by atoms with E-state index in [0.717, 1.165) is 16.5 Å². The molecule has 0 aromatic heterocycles. The molecular weight excluding hydrogens is 702 g/mol. The van der Waals surface area contributed by atoms with Crippen LogP contribution in [0.3, 0.4) is 0 Å². The zero-order chi connectivity index (χ0) is 32.8. The number of nitrogens with zero attached hydrogens (tertiary/aromatic N) is 2. The first-order valence-electron chi connectivity index (χ1n) is 14.6. The van der Waals surface area contributed by atoms with Crippen molar-refractivity contribution >= 4 is 74.1 Å². The molecule has 2 heterocycles. The summed E-state index contributed by atoms with van der Waals surface area (Å²) in [7, 11) is 1.41. The quantitative estimate of drug-likeness (QED) is 0.228. The molecule has 0 unspecified atom stereocenters. The third-order valence-corrected chi connectivity index (χ3v) is 11.3. The molecule has 3 aromatic carbocycles. The van der Waals surface area contributed by atoms with E-state index >= 15 is 0 Å². The van der Waals surface area contributed by atoms with Crippen molar-refractivity contribution in [1.29, 1.82) is 0 Å². The van der Waals surface area contributed by atoms with Crippen molar-refractivity contribution in [1.82, 2.24) is 0 Å². The Morgan fingerprint density at radius 2 is 1.63 bits per heavy atom. The van der Waals surface area contributed by atoms with Gasteiger partial charge in [-0.25, -0.2) is 9.29 Å². The van der Waals surface area contributed by atoms with Crippen molar-refractivity contribution in [2.45, 2.75) is 25.7 Å². The Balaban J connectivity index is 1.39. The summed E-state index contributed by atoms with van der Waals surface area (Å²) in [6, 6.07) is 13.4. The first-order chi connectivity index (χ1) is 21.9. The number of phenolic OH excluding ortho intramolecular Hbond substituents is 1. The average Bonchev–Trinajstić information content (AvgIpc) is 3.40. The number of halogens is 4. The molecule has 0 radical (unpaired) electrons. The van der Waals surface area contributed by atoms with Gasteiger partial charge in [0.1, 0.15) is 5.82 Å². The number of allylic oxidation sites excluding steroid dienone is 2. The molecule has 2 saturated heterocycles. The number of methoxy groups -OCH3 is 1. The van der Waals surface area contributed by atoms with Crippen molar-refractivity contribution < 1.29 is 33.4 Å². The van der Waals surface area contributed by atoms with Crippen LogP contribution in [0.2, 0.25) is 10.0 Å². The van der Waals surface area contributed by atoms with Crippen molar-refractivity contribution in [2.75, 3.05) is 16.9 Å². The molecule has 3 fully saturated rings. The molecule has 0 bridgehead atoms. The summed E-state index contributed by atoms with van der Waals surface area (Å²) in [5.41, 5.74) is 0.534. The van der Waals surface area contributed by atoms with Crippen molar-refractivity contribution in [2.24, 2.45) is 29.1 Å². The third-order valence-electron chi connectivity index (χ3n) is 10.1. The Morgan fingerprint density at radius 1 is 0.935 bits per heavy atom. The molecule has 6 atom stereocenters. The van der Waals surface area contributed by atoms with E-state index in [2.05, 4.69) is 15.9 Å². The normalized spacial score (nSPS) is 28.7. The number of hydrogen-bond donors (Lipinski definition) is 1. The Kier molecular flexibility index (Phi) is 7.34. The highest BCUT2D eigenvalue weighted by Crippen LogP contribution is 2.64. The van der Waals surface area contributed by atoms with Crippen LogP contribution in [-0.2, 0) is 19.2 Å². The first kappa shape index (κ1) is 30.9. The first-order valence-corrected chi connectivity index (χ1v) is 16.2. The van der Waals surface area contributed by atoms with Gasteiger partial charge >= 0.3 is 0 Å². The minimum Gasteiger partial charge on any atom is -0.503 e. The van der Waals surface area contributed by atoms with Gasteiger partial charge in [0, 0.05) is 10.9 Å². The number of anilines is 2. The lowest BCUT2D eigenvalue weighted by Crippen LogP contribution is -2.48. The number of aromatic hydroxyl groups is 1. The average molecular weight is 728 g/mol. The zero-order valence-corrected chi connectivity index (χ0v) is 27.6. The predicted molar refractivity (Wildman–Crippen MR) is 172 cm³/mol. The Morgan fingerprint density at radius 3 is 2.30 bits per heavy atom. The molecule has 4 aliphatic rings. The van der Waals surface area contributed by atoms with Crippen molar-refractivity contribution in [3.8, 4) is 11.5 Å². The molecular formula is C34H26BrCl2FN2O6. The zero-order valence-electron chi connectivity index (χ0n) is 24.5. The largest absolute Gasteiger partial charge is 0.503 e. The molecule has 12 heteroatoms. The smallest absolute Gasteiger partial charge is 0.241 e. The van der Waals surface area contributed by atoms with Crippen LogP contribution < -0.4 is 14.5 Å². The van der Waals surface area contributed by atoms with Gasteiger partial charge in [-0.1, -0.05) is 34.9 Å². The van der Waals surface area contributed by atoms with Gasteiger partial charge in [0.2, 0.25) is 23.6 Å². The van der Waals surface area contributed by atoms with E-state index in [1.807, 2.05) is 6.08 Å². The highest BCUT2D eigenvalue weighted by molar-refractivity contribution is 9.10. The number of hydrogen-bond acceptors (Lipinski definition) is 6. The second-order valence-corrected chi connectivity index (χ2v) is 14.0. The van der Waals surface area contributed by atoms with E-state index in [4.69, 9.17) is 27.9 Å². The van der Waals surface area contributed by atoms with Crippen LogP contribution in [0.5, 0.6) is 11.5 Å². The topological polar surface area (TPSA) is 104 Å². The van der Waals surface area contributed by atoms with E-state index in [1.165, 1.54) is 24.1 Å². The summed E-state index contributed by atoms with van der Waals surface area (Å²) in [6.07, 6.45) is 2.33. The number of phenols is 1. The van der Waals surface area contributed by atoms with Gasteiger partial charge in [-0.2, -0.15) is 0 Å². The number of fused-ring (bicyclic) bond motifs is 4. The monoisotopic (exact) mass is 726 g/mol. The number of rotatable bonds is 4. The SMILES string of the molecule is COc1cc([C@H]2C3=CC[C@@H]4C(=O)N(c5ccc(Cl)cc5)C(=O)[C@@H]4[C@@H]3C[C@H]3C(=O)N(c4ccc(F)c(Cl)c4)C(=O)[C@@]23C)cc(Br)c1O. The van der Waals surface area contributed by atoms with Gasteiger partial charge in [-0.05, 0) is 102 Å². The Bertz CT molecular complexity index is 1900. The third kappa shape index (κ3) is 4.29. The summed E-state index contributed by atoms with van der Waals surface area (Å²) < 4.78 is 19.9. The van der Waals surface area contributed by atoms with Crippen LogP contribution in [0.25, 0.3) is 0 Å². The molecule has 0 spiro atoms. The molecule has 4 amide bonds. The number of carbonyl (C=O) groups is 4. The molecule has 236 valence electrons. The van der Waals surface area contributed by atoms with Gasteiger partial charge in [-0.3, -0.25) is 24.1 Å². The minimum absolute atomic E-state index is 0.135. The molecule has 8 nitrogen and oxygen atoms in total. The number of ether oxygens (including phenoxy) is 1. The molecule has 1 saturated carbocycles. The van der Waals surface area contributed by atoms with Gasteiger partial charge in [0.05, 0.1) is 51.1 Å². The van der Waals surface area contributed by atoms with Gasteiger partial charge < -0.3 is 9.84 Å². The van der Waals surface area contributed by atoms with Crippen LogP contribution in [0, 0.1) is 34.9 Å². The summed E-state index contributed by atoms with van der Waals surface area (Å²) >= 11 is 15.5. The number of carbonyl (C=O) groups excluding carboxylic acids is 4. The molecule has 2 aliphatic carbocycles. The van der Waals surface area contributed by atoms with E-state index < -0.39 is 52.6 Å². The second kappa shape index (κ2) is 10.9. The lowest BCUT2D eigenvalue weighted by molar-refractivity contribution is -0.131. The number of imide groups is 2. The van der Waals surface area contributed by atoms with Crippen LogP contribution >= 0.6 is 39.1 Å². The number of amides is 4. The molecule has 2 aliphatic heterocycles. The van der Waals surface area contributed by atoms with Gasteiger partial charge in [0.25, 0.3) is 0 Å². The maximum Gasteiger partial charge on any atom is 0.241 e. The lowest BCUT2D eigenvalue weighted by Gasteiger charge is -2.49. The fourth-order valence-electron chi connectivity index (χ4n) is 8.03. The van der Waals surface area contributed by atoms with Crippen LogP contribution in [0.15, 0.2) is 70.7 Å². The van der Waals surface area contributed by atoms with E-state index in [9.17, 15) is 28.7 Å². The fourth-order valence-corrected chi connectivity index (χ4v) is 8.79. The van der Waals surface area contributed by atoms with Crippen LogP contribution in [-0.4, -0.2) is 35.8 Å². The predicted octanol–water partition coefficient (Wildman–Crippen LogP) is 7.04. The second-order valence-electron chi connectivity index (χ2n) is 12.3. The maximum absolute atomic E-state index is 14.6. The molecule has 7 rings (SSSR count). The van der Waals surface area contributed by atoms with E-state index in [1.54, 1.807) is 43.3 Å². The highest BCUT2D eigenvalue weighted by atomic mass is 79.9. The number of benzene rings is 3. The molecule has 46 heavy (non-hydrogen) atoms. The summed E-state index contributed by atoms with van der Waals surface area (Å²) in [5.74, 6) is -6.00. The molecule has 1 N–H and O–H groups in total. The van der Waals surface area contributed by atoms with E-state index in [0.29, 0.717) is 20.7 Å². The lowest BCUT2D eigenvalue weighted by atomic mass is 9.51. The Hall–Kier alpha value is -3.73. The Labute approximate surface area is 281 Å². The van der Waals surface area contributed by atoms with Gasteiger partial charge in [-0.15, -0.1) is 0 Å². The minimum atomic E-state index is -1.35. The van der Waals surface area contributed by atoms with Crippen LogP contribution in [0.4, 0.5) is 15.8 Å². The summed E-state index contributed by atoms with van der Waals surface area (Å²) in [5, 5.41) is 10.9. The summed E-state index contributed by atoms with van der Waals surface area (Å²) in [6.45, 7) is 1.73. The maximum atomic E-state index is 14.6. The fraction of sp³-hybridized carbons (Fsp3) is 0.294. The van der Waals surface area contributed by atoms with Crippen molar-refractivity contribution in [3.05, 3.63) is 92.1 Å². The summed E-state index contributed by atoms with van der Waals surface area (Å²) in [4.78, 5) is 59.0. The van der Waals surface area contributed by atoms with Crippen LogP contribution in [0.1, 0.15) is 31.2 Å². The standard InChI is InChI=1S/C34H26BrCl2FN2O6/c1-34-22(31(43)40(33(34)45)18-7-10-25(38)24(37)13-18)14-21-19(28(34)15-11-23(35)29(41)26(12-15)46-2)8-9-20-27(21)32(44)39(30(20)42)17-5-3-16(36)4-6-17/h3-8,10-13,20-22,27-28,41H,9,14H2,1-2H3/t20-,21+,22-,27-,28-,34+/m0/s1. The van der Waals surface area contributed by atoms with Crippen molar-refractivity contribution in [3.63, 3.8) is 0 Å². The van der Waals surface area contributed by atoms with E-state index in [-0.39, 0.29) is 46.9 Å². The molecule has 3 aromatic rings. The highest BCUT2D eigenvalue weighted by Gasteiger charge is 2.67. The van der Waals surface area contributed by atoms with Gasteiger partial charge in [0.15, 0.2) is 11.5 Å².